The van der Waals surface area contributed by atoms with Crippen molar-refractivity contribution in [3.63, 3.8) is 0 Å². The molecule has 100 valence electrons. The fourth-order valence-corrected chi connectivity index (χ4v) is 3.00. The van der Waals surface area contributed by atoms with Gasteiger partial charge >= 0.3 is 0 Å². The lowest BCUT2D eigenvalue weighted by molar-refractivity contribution is 0.193. The van der Waals surface area contributed by atoms with Crippen LogP contribution in [0.25, 0.3) is 0 Å². The summed E-state index contributed by atoms with van der Waals surface area (Å²) in [7, 11) is 0. The zero-order valence-corrected chi connectivity index (χ0v) is 12.1. The van der Waals surface area contributed by atoms with Gasteiger partial charge in [0, 0.05) is 0 Å². The molecule has 0 aromatic heterocycles. The molecule has 0 radical (unpaired) electrons. The van der Waals surface area contributed by atoms with Gasteiger partial charge in [-0.2, -0.15) is 0 Å². The molecule has 0 bridgehead atoms. The Morgan fingerprint density at radius 3 is 2.44 bits per heavy atom. The lowest BCUT2D eigenvalue weighted by Gasteiger charge is -2.39. The summed E-state index contributed by atoms with van der Waals surface area (Å²) in [5, 5.41) is 0. The Morgan fingerprint density at radius 2 is 1.83 bits per heavy atom. The SMILES string of the molecule is CC(C)(C)CCC1(CN)CCc2ccccc2C1. The van der Waals surface area contributed by atoms with Crippen LogP contribution in [-0.4, -0.2) is 6.54 Å². The number of aryl methyl sites for hydroxylation is 1. The number of fused-ring (bicyclic) bond motifs is 1. The van der Waals surface area contributed by atoms with E-state index in [0.29, 0.717) is 10.8 Å². The minimum atomic E-state index is 0.349. The van der Waals surface area contributed by atoms with Gasteiger partial charge in [0.25, 0.3) is 0 Å². The second-order valence-corrected chi connectivity index (χ2v) is 7.21. The first-order valence-corrected chi connectivity index (χ1v) is 7.21. The lowest BCUT2D eigenvalue weighted by atomic mass is 9.67. The lowest BCUT2D eigenvalue weighted by Crippen LogP contribution is -2.37. The highest BCUT2D eigenvalue weighted by molar-refractivity contribution is 5.31. The van der Waals surface area contributed by atoms with Crippen molar-refractivity contribution in [3.8, 4) is 0 Å². The van der Waals surface area contributed by atoms with Gasteiger partial charge in [0.2, 0.25) is 0 Å². The van der Waals surface area contributed by atoms with Crippen LogP contribution in [0.5, 0.6) is 0 Å². The quantitative estimate of drug-likeness (QED) is 0.857. The zero-order chi connectivity index (χ0) is 13.2. The molecule has 1 aromatic carbocycles. The molecule has 1 aromatic rings. The molecule has 0 aliphatic heterocycles. The minimum Gasteiger partial charge on any atom is -0.330 e. The predicted octanol–water partition coefficient (Wildman–Crippen LogP) is 3.95. The molecule has 2 rings (SSSR count). The molecule has 1 nitrogen and oxygen atoms in total. The maximum atomic E-state index is 6.12. The fourth-order valence-electron chi connectivity index (χ4n) is 3.00. The first-order valence-electron chi connectivity index (χ1n) is 7.21. The highest BCUT2D eigenvalue weighted by Crippen LogP contribution is 2.40. The van der Waals surface area contributed by atoms with Crippen molar-refractivity contribution < 1.29 is 0 Å². The number of nitrogens with two attached hydrogens (primary N) is 1. The summed E-state index contributed by atoms with van der Waals surface area (Å²) in [4.78, 5) is 0. The van der Waals surface area contributed by atoms with E-state index in [9.17, 15) is 0 Å². The van der Waals surface area contributed by atoms with E-state index in [0.717, 1.165) is 6.54 Å². The van der Waals surface area contributed by atoms with E-state index in [-0.39, 0.29) is 0 Å². The topological polar surface area (TPSA) is 26.0 Å². The molecule has 18 heavy (non-hydrogen) atoms. The molecule has 1 unspecified atom stereocenters. The Morgan fingerprint density at radius 1 is 1.17 bits per heavy atom. The van der Waals surface area contributed by atoms with E-state index in [1.165, 1.54) is 43.2 Å². The second kappa shape index (κ2) is 5.05. The van der Waals surface area contributed by atoms with Crippen molar-refractivity contribution in [2.75, 3.05) is 6.54 Å². The summed E-state index contributed by atoms with van der Waals surface area (Å²) in [5.41, 5.74) is 9.96. The van der Waals surface area contributed by atoms with Crippen LogP contribution in [-0.2, 0) is 12.8 Å². The van der Waals surface area contributed by atoms with E-state index in [1.54, 1.807) is 0 Å². The number of hydrogen-bond acceptors (Lipinski definition) is 1. The molecule has 2 N–H and O–H groups in total. The van der Waals surface area contributed by atoms with E-state index in [4.69, 9.17) is 5.73 Å². The van der Waals surface area contributed by atoms with Crippen molar-refractivity contribution >= 4 is 0 Å². The van der Waals surface area contributed by atoms with Gasteiger partial charge in [-0.25, -0.2) is 0 Å². The first kappa shape index (κ1) is 13.6. The smallest absolute Gasteiger partial charge is 0.00172 e. The standard InChI is InChI=1S/C17H27N/c1-16(2,3)10-11-17(13-18)9-8-14-6-4-5-7-15(14)12-17/h4-7H,8-13,18H2,1-3H3. The Balaban J connectivity index is 2.11. The van der Waals surface area contributed by atoms with Crippen molar-refractivity contribution in [3.05, 3.63) is 35.4 Å². The van der Waals surface area contributed by atoms with Crippen LogP contribution in [0.3, 0.4) is 0 Å². The molecule has 0 fully saturated rings. The van der Waals surface area contributed by atoms with Crippen LogP contribution in [0.4, 0.5) is 0 Å². The van der Waals surface area contributed by atoms with Crippen LogP contribution >= 0.6 is 0 Å². The molecular formula is C17H27N. The summed E-state index contributed by atoms with van der Waals surface area (Å²) >= 11 is 0. The Labute approximate surface area is 112 Å². The van der Waals surface area contributed by atoms with Crippen LogP contribution in [0.2, 0.25) is 0 Å². The largest absolute Gasteiger partial charge is 0.330 e. The third-order valence-corrected chi connectivity index (χ3v) is 4.45. The van der Waals surface area contributed by atoms with E-state index in [2.05, 4.69) is 45.0 Å². The maximum Gasteiger partial charge on any atom is -0.00172 e. The normalized spacial score (nSPS) is 23.8. The average molecular weight is 245 g/mol. The Bertz CT molecular complexity index is 402. The molecule has 1 aliphatic carbocycles. The van der Waals surface area contributed by atoms with E-state index in [1.807, 2.05) is 0 Å². The fraction of sp³-hybridized carbons (Fsp3) is 0.647. The minimum absolute atomic E-state index is 0.349. The molecule has 1 aliphatic rings. The van der Waals surface area contributed by atoms with Crippen molar-refractivity contribution in [2.45, 2.75) is 52.9 Å². The van der Waals surface area contributed by atoms with E-state index >= 15 is 0 Å². The van der Waals surface area contributed by atoms with Gasteiger partial charge in [0.1, 0.15) is 0 Å². The van der Waals surface area contributed by atoms with Gasteiger partial charge in [0.15, 0.2) is 0 Å². The third kappa shape index (κ3) is 3.14. The molecule has 0 amide bonds. The van der Waals surface area contributed by atoms with Gasteiger partial charge in [0.05, 0.1) is 0 Å². The van der Waals surface area contributed by atoms with Crippen molar-refractivity contribution in [2.24, 2.45) is 16.6 Å². The molecule has 0 spiro atoms. The first-order chi connectivity index (χ1) is 8.44. The summed E-state index contributed by atoms with van der Waals surface area (Å²) in [5.74, 6) is 0. The van der Waals surface area contributed by atoms with Gasteiger partial charge in [-0.15, -0.1) is 0 Å². The van der Waals surface area contributed by atoms with E-state index < -0.39 is 0 Å². The molecular weight excluding hydrogens is 218 g/mol. The maximum absolute atomic E-state index is 6.12. The summed E-state index contributed by atoms with van der Waals surface area (Å²) < 4.78 is 0. The summed E-state index contributed by atoms with van der Waals surface area (Å²) in [6.45, 7) is 7.81. The van der Waals surface area contributed by atoms with Crippen LogP contribution in [0, 0.1) is 10.8 Å². The molecule has 1 atom stereocenters. The molecule has 1 heteroatoms. The van der Waals surface area contributed by atoms with Crippen molar-refractivity contribution in [1.82, 2.24) is 0 Å². The summed E-state index contributed by atoms with van der Waals surface area (Å²) in [6, 6.07) is 8.88. The van der Waals surface area contributed by atoms with Crippen LogP contribution in [0.1, 0.15) is 51.2 Å². The van der Waals surface area contributed by atoms with Gasteiger partial charge in [-0.1, -0.05) is 45.0 Å². The Hall–Kier alpha value is -0.820. The highest BCUT2D eigenvalue weighted by Gasteiger charge is 2.33. The zero-order valence-electron chi connectivity index (χ0n) is 12.1. The number of rotatable bonds is 3. The average Bonchev–Trinajstić information content (AvgIpc) is 2.35. The molecule has 0 saturated heterocycles. The predicted molar refractivity (Wildman–Crippen MR) is 78.6 cm³/mol. The second-order valence-electron chi connectivity index (χ2n) is 7.21. The van der Waals surface area contributed by atoms with Gasteiger partial charge < -0.3 is 5.73 Å². The third-order valence-electron chi connectivity index (χ3n) is 4.45. The van der Waals surface area contributed by atoms with Gasteiger partial charge in [-0.3, -0.25) is 0 Å². The number of hydrogen-bond donors (Lipinski definition) is 1. The van der Waals surface area contributed by atoms with Crippen LogP contribution < -0.4 is 5.73 Å². The highest BCUT2D eigenvalue weighted by atomic mass is 14.6. The van der Waals surface area contributed by atoms with Gasteiger partial charge in [-0.05, 0) is 60.6 Å². The molecule has 0 saturated carbocycles. The monoisotopic (exact) mass is 245 g/mol. The summed E-state index contributed by atoms with van der Waals surface area (Å²) in [6.07, 6.45) is 6.18. The molecule has 0 heterocycles. The van der Waals surface area contributed by atoms with Crippen LogP contribution in [0.15, 0.2) is 24.3 Å². The van der Waals surface area contributed by atoms with Crippen molar-refractivity contribution in [1.29, 1.82) is 0 Å². The number of benzene rings is 1. The Kier molecular flexibility index (Phi) is 3.82.